The second kappa shape index (κ2) is 8.78. The molecule has 3 aromatic carbocycles. The largest absolute Gasteiger partial charge is 0.489 e. The zero-order valence-electron chi connectivity index (χ0n) is 16.8. The van der Waals surface area contributed by atoms with Gasteiger partial charge in [0.1, 0.15) is 18.1 Å². The van der Waals surface area contributed by atoms with Crippen LogP contribution in [0, 0.1) is 0 Å². The van der Waals surface area contributed by atoms with E-state index in [2.05, 4.69) is 0 Å². The van der Waals surface area contributed by atoms with E-state index in [1.807, 2.05) is 60.7 Å². The molecule has 1 aliphatic heterocycles. The Labute approximate surface area is 182 Å². The van der Waals surface area contributed by atoms with E-state index in [1.54, 1.807) is 0 Å². The Morgan fingerprint density at radius 2 is 1.59 bits per heavy atom. The zero-order valence-corrected chi connectivity index (χ0v) is 16.8. The van der Waals surface area contributed by atoms with E-state index in [1.165, 1.54) is 12.1 Å². The standard InChI is InChI=1S/C25H19F3O4/c26-25(27,28)23-20(24(29)30)12-19-13-21(31-15-17-9-5-2-6-10-17)18(14-22(19)32-23)11-16-7-3-1-4-8-16/h1-10,12-14,23H,11,15H2,(H,29,30). The third-order valence-electron chi connectivity index (χ3n) is 5.05. The summed E-state index contributed by atoms with van der Waals surface area (Å²) in [5.74, 6) is -1.26. The molecule has 4 nitrogen and oxygen atoms in total. The first kappa shape index (κ1) is 21.5. The molecular formula is C25H19F3O4. The fraction of sp³-hybridized carbons (Fsp3) is 0.160. The molecule has 0 saturated carbocycles. The van der Waals surface area contributed by atoms with Gasteiger partial charge < -0.3 is 14.6 Å². The maximum Gasteiger partial charge on any atom is 0.430 e. The number of carboxylic acids is 1. The highest BCUT2D eigenvalue weighted by Crippen LogP contribution is 2.40. The third kappa shape index (κ3) is 4.77. The van der Waals surface area contributed by atoms with Crippen LogP contribution in [-0.2, 0) is 17.8 Å². The molecule has 0 aromatic heterocycles. The lowest BCUT2D eigenvalue weighted by Crippen LogP contribution is -2.40. The molecule has 1 atom stereocenters. The van der Waals surface area contributed by atoms with Crippen LogP contribution in [0.15, 0.2) is 78.4 Å². The van der Waals surface area contributed by atoms with Gasteiger partial charge in [-0.1, -0.05) is 60.7 Å². The molecule has 0 amide bonds. The van der Waals surface area contributed by atoms with E-state index >= 15 is 0 Å². The Morgan fingerprint density at radius 1 is 0.969 bits per heavy atom. The van der Waals surface area contributed by atoms with Crippen LogP contribution in [0.4, 0.5) is 13.2 Å². The van der Waals surface area contributed by atoms with Crippen molar-refractivity contribution in [3.05, 3.63) is 101 Å². The van der Waals surface area contributed by atoms with Gasteiger partial charge in [-0.05, 0) is 29.3 Å². The van der Waals surface area contributed by atoms with Crippen LogP contribution in [0.2, 0.25) is 0 Å². The highest BCUT2D eigenvalue weighted by atomic mass is 19.4. The number of hydrogen-bond acceptors (Lipinski definition) is 3. The summed E-state index contributed by atoms with van der Waals surface area (Å²) in [6.07, 6.45) is -5.98. The summed E-state index contributed by atoms with van der Waals surface area (Å²) in [5, 5.41) is 9.29. The lowest BCUT2D eigenvalue weighted by atomic mass is 9.97. The van der Waals surface area contributed by atoms with Crippen LogP contribution in [0.5, 0.6) is 11.5 Å². The van der Waals surface area contributed by atoms with Gasteiger partial charge in [0.05, 0.1) is 5.57 Å². The zero-order chi connectivity index (χ0) is 22.7. The quantitative estimate of drug-likeness (QED) is 0.538. The summed E-state index contributed by atoms with van der Waals surface area (Å²) in [5.41, 5.74) is 1.87. The highest BCUT2D eigenvalue weighted by molar-refractivity contribution is 5.95. The Kier molecular flexibility index (Phi) is 5.90. The molecule has 32 heavy (non-hydrogen) atoms. The van der Waals surface area contributed by atoms with Crippen molar-refractivity contribution >= 4 is 12.0 Å². The lowest BCUT2D eigenvalue weighted by molar-refractivity contribution is -0.187. The summed E-state index contributed by atoms with van der Waals surface area (Å²) in [6, 6.07) is 21.9. The number of halogens is 3. The SMILES string of the molecule is O=C(O)C1=Cc2cc(OCc3ccccc3)c(Cc3ccccc3)cc2OC1C(F)(F)F. The van der Waals surface area contributed by atoms with Crippen molar-refractivity contribution in [3.8, 4) is 11.5 Å². The van der Waals surface area contributed by atoms with Gasteiger partial charge in [-0.3, -0.25) is 0 Å². The minimum atomic E-state index is -4.86. The molecule has 4 rings (SSSR count). The number of ether oxygens (including phenoxy) is 2. The topological polar surface area (TPSA) is 55.8 Å². The van der Waals surface area contributed by atoms with E-state index in [-0.39, 0.29) is 17.9 Å². The lowest BCUT2D eigenvalue weighted by Gasteiger charge is -2.28. The number of carbonyl (C=O) groups is 1. The first-order valence-electron chi connectivity index (χ1n) is 9.87. The molecule has 0 saturated heterocycles. The van der Waals surface area contributed by atoms with Crippen molar-refractivity contribution in [1.29, 1.82) is 0 Å². The number of hydrogen-bond donors (Lipinski definition) is 1. The van der Waals surface area contributed by atoms with Crippen molar-refractivity contribution < 1.29 is 32.5 Å². The Hall–Kier alpha value is -3.74. The molecule has 1 unspecified atom stereocenters. The van der Waals surface area contributed by atoms with Gasteiger partial charge in [0.15, 0.2) is 0 Å². The second-order valence-electron chi connectivity index (χ2n) is 7.38. The van der Waals surface area contributed by atoms with Gasteiger partial charge >= 0.3 is 12.1 Å². The van der Waals surface area contributed by atoms with Crippen LogP contribution in [0.1, 0.15) is 22.3 Å². The van der Waals surface area contributed by atoms with Crippen LogP contribution >= 0.6 is 0 Å². The van der Waals surface area contributed by atoms with Crippen molar-refractivity contribution in [1.82, 2.24) is 0 Å². The third-order valence-corrected chi connectivity index (χ3v) is 5.05. The van der Waals surface area contributed by atoms with Crippen molar-refractivity contribution in [2.45, 2.75) is 25.3 Å². The first-order chi connectivity index (χ1) is 15.3. The van der Waals surface area contributed by atoms with Crippen molar-refractivity contribution in [2.75, 3.05) is 0 Å². The smallest absolute Gasteiger partial charge is 0.430 e. The van der Waals surface area contributed by atoms with Gasteiger partial charge in [0.2, 0.25) is 6.10 Å². The van der Waals surface area contributed by atoms with E-state index in [0.29, 0.717) is 17.7 Å². The fourth-order valence-electron chi connectivity index (χ4n) is 3.51. The van der Waals surface area contributed by atoms with Crippen LogP contribution in [0.3, 0.4) is 0 Å². The van der Waals surface area contributed by atoms with Crippen LogP contribution in [-0.4, -0.2) is 23.4 Å². The highest BCUT2D eigenvalue weighted by Gasteiger charge is 2.48. The normalized spacial score (nSPS) is 15.3. The second-order valence-corrected chi connectivity index (χ2v) is 7.38. The molecule has 0 radical (unpaired) electrons. The summed E-state index contributed by atoms with van der Waals surface area (Å²) in [4.78, 5) is 11.4. The number of rotatable bonds is 6. The number of alkyl halides is 3. The molecule has 0 fully saturated rings. The monoisotopic (exact) mass is 440 g/mol. The summed E-state index contributed by atoms with van der Waals surface area (Å²) in [6.45, 7) is 0.253. The van der Waals surface area contributed by atoms with Gasteiger partial charge in [0, 0.05) is 17.5 Å². The first-order valence-corrected chi connectivity index (χ1v) is 9.87. The van der Waals surface area contributed by atoms with Gasteiger partial charge in [-0.15, -0.1) is 0 Å². The van der Waals surface area contributed by atoms with E-state index in [9.17, 15) is 23.1 Å². The van der Waals surface area contributed by atoms with E-state index in [4.69, 9.17) is 9.47 Å². The van der Waals surface area contributed by atoms with Gasteiger partial charge in [-0.25, -0.2) is 4.79 Å². The summed E-state index contributed by atoms with van der Waals surface area (Å²) >= 11 is 0. The van der Waals surface area contributed by atoms with Crippen LogP contribution in [0.25, 0.3) is 6.08 Å². The molecule has 7 heteroatoms. The molecule has 1 aliphatic rings. The predicted octanol–water partition coefficient (Wildman–Crippen LogP) is 5.65. The minimum absolute atomic E-state index is 0.0321. The Morgan fingerprint density at radius 3 is 2.19 bits per heavy atom. The van der Waals surface area contributed by atoms with E-state index < -0.39 is 23.8 Å². The van der Waals surface area contributed by atoms with Crippen LogP contribution < -0.4 is 9.47 Å². The summed E-state index contributed by atoms with van der Waals surface area (Å²) in [7, 11) is 0. The predicted molar refractivity (Wildman–Crippen MR) is 113 cm³/mol. The Bertz CT molecular complexity index is 1140. The van der Waals surface area contributed by atoms with Crippen molar-refractivity contribution in [3.63, 3.8) is 0 Å². The molecular weight excluding hydrogens is 421 g/mol. The summed E-state index contributed by atoms with van der Waals surface area (Å²) < 4.78 is 51.4. The number of carboxylic acid groups (broad SMARTS) is 1. The number of fused-ring (bicyclic) bond motifs is 1. The van der Waals surface area contributed by atoms with Gasteiger partial charge in [-0.2, -0.15) is 13.2 Å². The molecule has 0 bridgehead atoms. The maximum absolute atomic E-state index is 13.4. The minimum Gasteiger partial charge on any atom is -0.489 e. The molecule has 1 N–H and O–H groups in total. The molecule has 0 spiro atoms. The van der Waals surface area contributed by atoms with E-state index in [0.717, 1.165) is 17.2 Å². The average Bonchev–Trinajstić information content (AvgIpc) is 2.77. The fourth-order valence-corrected chi connectivity index (χ4v) is 3.51. The molecule has 3 aromatic rings. The molecule has 164 valence electrons. The number of benzene rings is 3. The average molecular weight is 440 g/mol. The molecule has 0 aliphatic carbocycles. The number of aliphatic carboxylic acids is 1. The maximum atomic E-state index is 13.4. The van der Waals surface area contributed by atoms with Gasteiger partial charge in [0.25, 0.3) is 0 Å². The van der Waals surface area contributed by atoms with Crippen molar-refractivity contribution in [2.24, 2.45) is 0 Å². The molecule has 1 heterocycles. The Balaban J connectivity index is 1.74.